The zero-order chi connectivity index (χ0) is 10.2. The predicted octanol–water partition coefficient (Wildman–Crippen LogP) is 3.70. The van der Waals surface area contributed by atoms with Crippen LogP contribution in [0.4, 0.5) is 0 Å². The summed E-state index contributed by atoms with van der Waals surface area (Å²) in [5.74, 6) is 0. The summed E-state index contributed by atoms with van der Waals surface area (Å²) in [7, 11) is 0. The van der Waals surface area contributed by atoms with Crippen LogP contribution in [0.5, 0.6) is 0 Å². The molecule has 0 saturated heterocycles. The molecule has 1 aliphatic carbocycles. The first kappa shape index (κ1) is 9.91. The standard InChI is InChI=1S/C12H17NS/c1-12(2,3)10-8-14-11(13-10)7-9-5-4-6-9/h5,8H,4,6-7H2,1-3H3. The summed E-state index contributed by atoms with van der Waals surface area (Å²) >= 11 is 1.80. The fourth-order valence-electron chi connectivity index (χ4n) is 1.44. The summed E-state index contributed by atoms with van der Waals surface area (Å²) in [6.45, 7) is 6.65. The van der Waals surface area contributed by atoms with Crippen LogP contribution in [0.2, 0.25) is 0 Å². The van der Waals surface area contributed by atoms with Gasteiger partial charge in [-0.15, -0.1) is 11.3 Å². The Morgan fingerprint density at radius 1 is 1.43 bits per heavy atom. The lowest BCUT2D eigenvalue weighted by Crippen LogP contribution is -2.11. The Kier molecular flexibility index (Phi) is 2.48. The van der Waals surface area contributed by atoms with Crippen LogP contribution in [0.3, 0.4) is 0 Å². The minimum Gasteiger partial charge on any atom is -0.245 e. The summed E-state index contributed by atoms with van der Waals surface area (Å²) < 4.78 is 0. The highest BCUT2D eigenvalue weighted by molar-refractivity contribution is 7.09. The summed E-state index contributed by atoms with van der Waals surface area (Å²) in [6, 6.07) is 0. The third kappa shape index (κ3) is 2.06. The second-order valence-corrected chi connectivity index (χ2v) is 5.90. The van der Waals surface area contributed by atoms with Crippen molar-refractivity contribution in [3.05, 3.63) is 27.7 Å². The van der Waals surface area contributed by atoms with Crippen molar-refractivity contribution < 1.29 is 0 Å². The molecule has 0 fully saturated rings. The Morgan fingerprint density at radius 2 is 2.14 bits per heavy atom. The van der Waals surface area contributed by atoms with Crippen LogP contribution >= 0.6 is 11.3 Å². The van der Waals surface area contributed by atoms with E-state index in [9.17, 15) is 0 Å². The van der Waals surface area contributed by atoms with Crippen molar-refractivity contribution >= 4 is 11.3 Å². The van der Waals surface area contributed by atoms with Crippen LogP contribution in [0.1, 0.15) is 44.3 Å². The number of nitrogens with zero attached hydrogens (tertiary/aromatic N) is 1. The molecule has 2 heteroatoms. The van der Waals surface area contributed by atoms with Gasteiger partial charge in [0.1, 0.15) is 0 Å². The van der Waals surface area contributed by atoms with E-state index in [4.69, 9.17) is 0 Å². The zero-order valence-corrected chi connectivity index (χ0v) is 9.95. The molecule has 1 heterocycles. The highest BCUT2D eigenvalue weighted by atomic mass is 32.1. The summed E-state index contributed by atoms with van der Waals surface area (Å²) in [6.07, 6.45) is 5.97. The zero-order valence-electron chi connectivity index (χ0n) is 9.13. The van der Waals surface area contributed by atoms with Crippen molar-refractivity contribution in [3.63, 3.8) is 0 Å². The number of hydrogen-bond acceptors (Lipinski definition) is 2. The van der Waals surface area contributed by atoms with Gasteiger partial charge in [-0.1, -0.05) is 32.4 Å². The van der Waals surface area contributed by atoms with Gasteiger partial charge in [-0.05, 0) is 12.8 Å². The molecule has 0 atom stereocenters. The normalized spacial score (nSPS) is 16.4. The first-order valence-corrected chi connectivity index (χ1v) is 6.06. The largest absolute Gasteiger partial charge is 0.245 e. The Hall–Kier alpha value is -0.630. The van der Waals surface area contributed by atoms with E-state index in [1.54, 1.807) is 16.9 Å². The lowest BCUT2D eigenvalue weighted by Gasteiger charge is -2.15. The van der Waals surface area contributed by atoms with Gasteiger partial charge in [0.25, 0.3) is 0 Å². The summed E-state index contributed by atoms with van der Waals surface area (Å²) in [4.78, 5) is 4.68. The molecule has 1 aliphatic rings. The molecule has 1 aromatic rings. The number of thiazole rings is 1. The van der Waals surface area contributed by atoms with Crippen molar-refractivity contribution in [1.82, 2.24) is 4.98 Å². The molecule has 2 rings (SSSR count). The second-order valence-electron chi connectivity index (χ2n) is 4.95. The second kappa shape index (κ2) is 3.50. The highest BCUT2D eigenvalue weighted by Crippen LogP contribution is 2.27. The fraction of sp³-hybridized carbons (Fsp3) is 0.583. The van der Waals surface area contributed by atoms with Crippen LogP contribution in [0.25, 0.3) is 0 Å². The molecule has 0 aliphatic heterocycles. The van der Waals surface area contributed by atoms with Crippen LogP contribution in [-0.2, 0) is 11.8 Å². The van der Waals surface area contributed by atoms with Gasteiger partial charge in [0.2, 0.25) is 0 Å². The minimum atomic E-state index is 0.197. The third-order valence-electron chi connectivity index (χ3n) is 2.60. The Labute approximate surface area is 89.9 Å². The molecule has 76 valence electrons. The quantitative estimate of drug-likeness (QED) is 0.674. The molecular weight excluding hydrogens is 190 g/mol. The smallest absolute Gasteiger partial charge is 0.0969 e. The van der Waals surface area contributed by atoms with Gasteiger partial charge >= 0.3 is 0 Å². The first-order chi connectivity index (χ1) is 6.55. The highest BCUT2D eigenvalue weighted by Gasteiger charge is 2.18. The van der Waals surface area contributed by atoms with E-state index in [-0.39, 0.29) is 5.41 Å². The van der Waals surface area contributed by atoms with Crippen molar-refractivity contribution in [1.29, 1.82) is 0 Å². The maximum absolute atomic E-state index is 4.68. The molecule has 1 nitrogen and oxygen atoms in total. The summed E-state index contributed by atoms with van der Waals surface area (Å²) in [5.41, 5.74) is 3.00. The average Bonchev–Trinajstić information content (AvgIpc) is 2.43. The van der Waals surface area contributed by atoms with Gasteiger partial charge in [-0.2, -0.15) is 0 Å². The first-order valence-electron chi connectivity index (χ1n) is 5.18. The lowest BCUT2D eigenvalue weighted by atomic mass is 9.93. The molecule has 0 amide bonds. The maximum atomic E-state index is 4.68. The molecule has 0 bridgehead atoms. The van der Waals surface area contributed by atoms with Crippen molar-refractivity contribution in [2.75, 3.05) is 0 Å². The molecule has 0 unspecified atom stereocenters. The molecule has 0 spiro atoms. The van der Waals surface area contributed by atoms with Gasteiger partial charge < -0.3 is 0 Å². The fourth-order valence-corrected chi connectivity index (χ4v) is 2.51. The topological polar surface area (TPSA) is 12.9 Å². The van der Waals surface area contributed by atoms with E-state index < -0.39 is 0 Å². The van der Waals surface area contributed by atoms with Crippen LogP contribution in [0, 0.1) is 0 Å². The Balaban J connectivity index is 2.09. The Morgan fingerprint density at radius 3 is 2.57 bits per heavy atom. The van der Waals surface area contributed by atoms with E-state index >= 15 is 0 Å². The van der Waals surface area contributed by atoms with E-state index in [1.165, 1.54) is 23.5 Å². The van der Waals surface area contributed by atoms with Crippen LogP contribution < -0.4 is 0 Å². The third-order valence-corrected chi connectivity index (χ3v) is 3.45. The average molecular weight is 207 g/mol. The van der Waals surface area contributed by atoms with Gasteiger partial charge in [0.05, 0.1) is 10.7 Å². The van der Waals surface area contributed by atoms with E-state index in [0.717, 1.165) is 6.42 Å². The van der Waals surface area contributed by atoms with Crippen molar-refractivity contribution in [2.45, 2.75) is 45.4 Å². The van der Waals surface area contributed by atoms with Crippen molar-refractivity contribution in [3.8, 4) is 0 Å². The van der Waals surface area contributed by atoms with Gasteiger partial charge in [0.15, 0.2) is 0 Å². The number of allylic oxidation sites excluding steroid dienone is 2. The van der Waals surface area contributed by atoms with Gasteiger partial charge in [0, 0.05) is 17.2 Å². The molecule has 14 heavy (non-hydrogen) atoms. The monoisotopic (exact) mass is 207 g/mol. The number of aromatic nitrogens is 1. The van der Waals surface area contributed by atoms with Gasteiger partial charge in [-0.3, -0.25) is 0 Å². The minimum absolute atomic E-state index is 0.197. The molecule has 0 saturated carbocycles. The lowest BCUT2D eigenvalue weighted by molar-refractivity contribution is 0.571. The number of rotatable bonds is 2. The summed E-state index contributed by atoms with van der Waals surface area (Å²) in [5, 5.41) is 3.48. The van der Waals surface area contributed by atoms with E-state index in [0.29, 0.717) is 0 Å². The Bertz CT molecular complexity index is 355. The van der Waals surface area contributed by atoms with Crippen molar-refractivity contribution in [2.24, 2.45) is 0 Å². The predicted molar refractivity (Wildman–Crippen MR) is 61.8 cm³/mol. The molecular formula is C12H17NS. The maximum Gasteiger partial charge on any atom is 0.0969 e. The molecule has 0 aromatic carbocycles. The molecule has 0 radical (unpaired) electrons. The molecule has 1 aromatic heterocycles. The SMILES string of the molecule is CC(C)(C)c1csc(CC2=CCC2)n1. The van der Waals surface area contributed by atoms with Crippen LogP contribution in [0.15, 0.2) is 17.0 Å². The molecule has 0 N–H and O–H groups in total. The van der Waals surface area contributed by atoms with E-state index in [1.807, 2.05) is 0 Å². The van der Waals surface area contributed by atoms with Crippen LogP contribution in [-0.4, -0.2) is 4.98 Å². The van der Waals surface area contributed by atoms with E-state index in [2.05, 4.69) is 37.2 Å². The number of hydrogen-bond donors (Lipinski definition) is 0. The van der Waals surface area contributed by atoms with Gasteiger partial charge in [-0.25, -0.2) is 4.98 Å².